The Morgan fingerprint density at radius 3 is 2.25 bits per heavy atom. The Bertz CT molecular complexity index is 34.9. The largest absolute Gasteiger partial charge is 2.00 e. The van der Waals surface area contributed by atoms with Crippen molar-refractivity contribution in [3.63, 3.8) is 0 Å². The summed E-state index contributed by atoms with van der Waals surface area (Å²) in [5, 5.41) is 0. The van der Waals surface area contributed by atoms with Gasteiger partial charge in [-0.2, -0.15) is 0 Å². The van der Waals surface area contributed by atoms with E-state index in [2.05, 4.69) is 29.5 Å². The molecule has 0 aromatic carbocycles. The summed E-state index contributed by atoms with van der Waals surface area (Å²) >= 11 is 2.43. The van der Waals surface area contributed by atoms with Crippen LogP contribution in [0.4, 0.5) is 0 Å². The Hall–Kier alpha value is 1.50. The molecule has 0 aliphatic carbocycles. The maximum absolute atomic E-state index is 2.43. The second kappa shape index (κ2) is 11.3. The minimum atomic E-state index is 0. The number of rotatable bonds is 4. The number of unbranched alkanes of at least 4 members (excludes halogenated alkanes) is 3. The fraction of sp³-hybridized carbons (Fsp3) is 1.00. The van der Waals surface area contributed by atoms with Gasteiger partial charge in [-0.1, -0.05) is 48.8 Å². The van der Waals surface area contributed by atoms with Crippen LogP contribution in [0.3, 0.4) is 0 Å². The van der Waals surface area contributed by atoms with Crippen LogP contribution in [-0.4, -0.2) is 27.5 Å². The minimum absolute atomic E-state index is 0. The van der Waals surface area contributed by atoms with Crippen LogP contribution in [0.2, 0.25) is 0 Å². The van der Waals surface area contributed by atoms with E-state index in [0.29, 0.717) is 0 Å². The Kier molecular flexibility index (Phi) is 17.3. The molecule has 0 unspecified atom stereocenters. The number of hydrogen-bond acceptors (Lipinski definition) is 0. The van der Waals surface area contributed by atoms with E-state index < -0.39 is 0 Å². The zero-order chi connectivity index (χ0) is 5.54. The molecule has 0 amide bonds. The molecule has 0 aromatic heterocycles. The summed E-state index contributed by atoms with van der Waals surface area (Å²) in [6.07, 6.45) is 5.62. The molecular formula is C6H15IMg. The maximum Gasteiger partial charge on any atom is 2.00 e. The van der Waals surface area contributed by atoms with Gasteiger partial charge in [-0.3, -0.25) is 0 Å². The van der Waals surface area contributed by atoms with Gasteiger partial charge in [0.2, 0.25) is 0 Å². The molecule has 0 radical (unpaired) electrons. The summed E-state index contributed by atoms with van der Waals surface area (Å²) in [5.74, 6) is 0. The fourth-order valence-electron chi connectivity index (χ4n) is 0.521. The summed E-state index contributed by atoms with van der Waals surface area (Å²) in [4.78, 5) is 0. The third-order valence-electron chi connectivity index (χ3n) is 0.987. The molecule has 2 heteroatoms. The monoisotopic (exact) mass is 238 g/mol. The van der Waals surface area contributed by atoms with Gasteiger partial charge in [0.25, 0.3) is 0 Å². The van der Waals surface area contributed by atoms with Crippen LogP contribution in [0.15, 0.2) is 0 Å². The third-order valence-corrected chi connectivity index (χ3v) is 1.75. The van der Waals surface area contributed by atoms with Crippen LogP contribution < -0.4 is 0 Å². The molecule has 0 saturated heterocycles. The van der Waals surface area contributed by atoms with Crippen molar-refractivity contribution in [3.05, 3.63) is 0 Å². The fourth-order valence-corrected chi connectivity index (χ4v) is 1.06. The molecule has 0 fully saturated rings. The van der Waals surface area contributed by atoms with Gasteiger partial charge in [0.1, 0.15) is 0 Å². The predicted molar refractivity (Wildman–Crippen MR) is 51.0 cm³/mol. The summed E-state index contributed by atoms with van der Waals surface area (Å²) in [6, 6.07) is 0. The van der Waals surface area contributed by atoms with Gasteiger partial charge in [-0.15, -0.1) is 0 Å². The molecule has 0 heterocycles. The minimum Gasteiger partial charge on any atom is -1.00 e. The second-order valence-corrected chi connectivity index (χ2v) is 2.83. The quantitative estimate of drug-likeness (QED) is 0.306. The predicted octanol–water partition coefficient (Wildman–Crippen LogP) is 2.85. The molecule has 0 saturated carbocycles. The van der Waals surface area contributed by atoms with Gasteiger partial charge in [0.15, 0.2) is 0 Å². The van der Waals surface area contributed by atoms with E-state index >= 15 is 0 Å². The van der Waals surface area contributed by atoms with Crippen molar-refractivity contribution < 1.29 is 2.85 Å². The molecule has 0 bridgehead atoms. The summed E-state index contributed by atoms with van der Waals surface area (Å²) in [5.41, 5.74) is 0. The van der Waals surface area contributed by atoms with E-state index in [0.717, 1.165) is 0 Å². The average Bonchev–Trinajstić information content (AvgIpc) is 1.69. The first kappa shape index (κ1) is 12.2. The van der Waals surface area contributed by atoms with Crippen molar-refractivity contribution in [2.24, 2.45) is 0 Å². The smallest absolute Gasteiger partial charge is 1.00 e. The van der Waals surface area contributed by atoms with Crippen LogP contribution in [0.1, 0.15) is 35.5 Å². The Balaban J connectivity index is -0.0000000600. The first-order valence-corrected chi connectivity index (χ1v) is 4.50. The van der Waals surface area contributed by atoms with Gasteiger partial charge in [0.05, 0.1) is 0 Å². The maximum atomic E-state index is 2.43. The van der Waals surface area contributed by atoms with Crippen molar-refractivity contribution in [3.8, 4) is 0 Å². The van der Waals surface area contributed by atoms with E-state index in [1.54, 1.807) is 0 Å². The van der Waals surface area contributed by atoms with Gasteiger partial charge < -0.3 is 2.85 Å². The molecule has 0 aliphatic heterocycles. The SMILES string of the molecule is CCCCCCI.[H-].[H-].[Mg+2]. The van der Waals surface area contributed by atoms with Crippen LogP contribution >= 0.6 is 22.6 Å². The van der Waals surface area contributed by atoms with Crippen molar-refractivity contribution in [1.29, 1.82) is 0 Å². The van der Waals surface area contributed by atoms with Crippen molar-refractivity contribution in [2.75, 3.05) is 4.43 Å². The van der Waals surface area contributed by atoms with E-state index in [-0.39, 0.29) is 25.9 Å². The third kappa shape index (κ3) is 10.5. The summed E-state index contributed by atoms with van der Waals surface area (Å²) < 4.78 is 1.33. The molecule has 0 N–H and O–H groups in total. The normalized spacial score (nSPS) is 8.25. The standard InChI is InChI=1S/C6H13I.Mg.2H/c1-2-3-4-5-6-7;;;/h2-6H2,1H3;;;/q;+2;2*-1. The number of alkyl halides is 1. The van der Waals surface area contributed by atoms with E-state index in [1.165, 1.54) is 30.1 Å². The van der Waals surface area contributed by atoms with E-state index in [1.807, 2.05) is 0 Å². The first-order valence-electron chi connectivity index (χ1n) is 2.97. The molecule has 0 spiro atoms. The van der Waals surface area contributed by atoms with Crippen molar-refractivity contribution in [2.45, 2.75) is 32.6 Å². The topological polar surface area (TPSA) is 0 Å². The Labute approximate surface area is 85.1 Å². The van der Waals surface area contributed by atoms with Gasteiger partial charge in [-0.05, 0) is 10.8 Å². The zero-order valence-corrected chi connectivity index (χ0v) is 9.19. The zero-order valence-electron chi connectivity index (χ0n) is 7.62. The molecule has 8 heavy (non-hydrogen) atoms. The summed E-state index contributed by atoms with van der Waals surface area (Å²) in [6.45, 7) is 2.24. The van der Waals surface area contributed by atoms with Crippen LogP contribution in [-0.2, 0) is 0 Å². The van der Waals surface area contributed by atoms with Crippen molar-refractivity contribution in [1.82, 2.24) is 0 Å². The molecule has 0 aromatic rings. The van der Waals surface area contributed by atoms with E-state index in [4.69, 9.17) is 0 Å². The van der Waals surface area contributed by atoms with Crippen LogP contribution in [0, 0.1) is 0 Å². The van der Waals surface area contributed by atoms with Gasteiger partial charge in [-0.25, -0.2) is 0 Å². The molecule has 0 nitrogen and oxygen atoms in total. The van der Waals surface area contributed by atoms with E-state index in [9.17, 15) is 0 Å². The second-order valence-electron chi connectivity index (χ2n) is 1.75. The molecule has 0 rings (SSSR count). The van der Waals surface area contributed by atoms with Crippen molar-refractivity contribution >= 4 is 45.6 Å². The molecule has 48 valence electrons. The first-order chi connectivity index (χ1) is 3.41. The average molecular weight is 238 g/mol. The Morgan fingerprint density at radius 1 is 1.25 bits per heavy atom. The summed E-state index contributed by atoms with van der Waals surface area (Å²) in [7, 11) is 0. The Morgan fingerprint density at radius 2 is 1.88 bits per heavy atom. The van der Waals surface area contributed by atoms with Crippen LogP contribution in [0.25, 0.3) is 0 Å². The molecular weight excluding hydrogens is 223 g/mol. The van der Waals surface area contributed by atoms with Gasteiger partial charge >= 0.3 is 23.1 Å². The van der Waals surface area contributed by atoms with Gasteiger partial charge in [0, 0.05) is 0 Å². The molecule has 0 aliphatic rings. The molecule has 0 atom stereocenters. The number of halogens is 1. The van der Waals surface area contributed by atoms with Crippen LogP contribution in [0.5, 0.6) is 0 Å². The number of hydrogen-bond donors (Lipinski definition) is 0.